The van der Waals surface area contributed by atoms with Crippen LogP contribution in [-0.2, 0) is 6.54 Å². The summed E-state index contributed by atoms with van der Waals surface area (Å²) >= 11 is 0. The van der Waals surface area contributed by atoms with Crippen LogP contribution in [0.25, 0.3) is 10.9 Å². The first kappa shape index (κ1) is 19.3. The number of hydrogen-bond acceptors (Lipinski definition) is 3. The van der Waals surface area contributed by atoms with Gasteiger partial charge in [-0.25, -0.2) is 0 Å². The summed E-state index contributed by atoms with van der Waals surface area (Å²) < 4.78 is 0. The number of para-hydroxylation sites is 1. The van der Waals surface area contributed by atoms with E-state index in [9.17, 15) is 9.59 Å². The number of nitrogens with one attached hydrogen (secondary N) is 2. The van der Waals surface area contributed by atoms with Gasteiger partial charge in [-0.05, 0) is 42.8 Å². The maximum absolute atomic E-state index is 12.8. The van der Waals surface area contributed by atoms with Gasteiger partial charge in [0.15, 0.2) is 0 Å². The number of carbonyl (C=O) groups is 2. The Morgan fingerprint density at radius 3 is 2.40 bits per heavy atom. The number of carbonyl (C=O) groups excluding carboxylic acids is 2. The maximum Gasteiger partial charge on any atom is 0.255 e. The summed E-state index contributed by atoms with van der Waals surface area (Å²) in [6, 6.07) is 24.1. The summed E-state index contributed by atoms with van der Waals surface area (Å²) in [7, 11) is 0. The minimum absolute atomic E-state index is 0.224. The lowest BCUT2D eigenvalue weighted by molar-refractivity contribution is 0.0951. The van der Waals surface area contributed by atoms with Crippen LogP contribution in [0.15, 0.2) is 85.1 Å². The molecule has 1 heterocycles. The van der Waals surface area contributed by atoms with Crippen LogP contribution < -0.4 is 10.6 Å². The molecular weight excluding hydrogens is 374 g/mol. The van der Waals surface area contributed by atoms with Crippen LogP contribution in [0.4, 0.5) is 5.69 Å². The Labute approximate surface area is 174 Å². The first-order valence-corrected chi connectivity index (χ1v) is 9.69. The molecule has 0 spiro atoms. The second-order valence-electron chi connectivity index (χ2n) is 7.09. The molecule has 0 radical (unpaired) electrons. The van der Waals surface area contributed by atoms with Gasteiger partial charge < -0.3 is 10.6 Å². The highest BCUT2D eigenvalue weighted by Crippen LogP contribution is 2.21. The van der Waals surface area contributed by atoms with Crippen LogP contribution in [0.2, 0.25) is 0 Å². The number of anilines is 1. The second kappa shape index (κ2) is 8.57. The van der Waals surface area contributed by atoms with E-state index in [2.05, 4.69) is 15.6 Å². The fourth-order valence-electron chi connectivity index (χ4n) is 3.31. The molecule has 2 N–H and O–H groups in total. The average Bonchev–Trinajstić information content (AvgIpc) is 2.78. The van der Waals surface area contributed by atoms with Crippen molar-refractivity contribution in [2.75, 3.05) is 5.32 Å². The fraction of sp³-hybridized carbons (Fsp3) is 0.0800. The van der Waals surface area contributed by atoms with Crippen LogP contribution in [0.5, 0.6) is 0 Å². The molecule has 0 bridgehead atoms. The molecule has 5 nitrogen and oxygen atoms in total. The zero-order chi connectivity index (χ0) is 20.9. The number of aryl methyl sites for hydroxylation is 1. The van der Waals surface area contributed by atoms with E-state index >= 15 is 0 Å². The fourth-order valence-corrected chi connectivity index (χ4v) is 3.31. The van der Waals surface area contributed by atoms with Crippen molar-refractivity contribution >= 4 is 28.4 Å². The number of nitrogens with zero attached hydrogens (tertiary/aromatic N) is 1. The highest BCUT2D eigenvalue weighted by Gasteiger charge is 2.12. The van der Waals surface area contributed by atoms with Gasteiger partial charge in [-0.3, -0.25) is 14.6 Å². The topological polar surface area (TPSA) is 71.1 Å². The monoisotopic (exact) mass is 395 g/mol. The van der Waals surface area contributed by atoms with Gasteiger partial charge in [0.25, 0.3) is 11.8 Å². The molecule has 1 aromatic heterocycles. The molecule has 4 rings (SSSR count). The number of rotatable bonds is 5. The third kappa shape index (κ3) is 4.36. The van der Waals surface area contributed by atoms with E-state index in [0.717, 1.165) is 22.0 Å². The van der Waals surface area contributed by atoms with E-state index in [1.807, 2.05) is 61.5 Å². The summed E-state index contributed by atoms with van der Waals surface area (Å²) in [5, 5.41) is 6.74. The van der Waals surface area contributed by atoms with Gasteiger partial charge in [0.1, 0.15) is 0 Å². The van der Waals surface area contributed by atoms with Gasteiger partial charge in [-0.1, -0.05) is 54.1 Å². The average molecular weight is 395 g/mol. The normalized spacial score (nSPS) is 10.6. The summed E-state index contributed by atoms with van der Waals surface area (Å²) in [5.74, 6) is -0.514. The summed E-state index contributed by atoms with van der Waals surface area (Å²) in [6.07, 6.45) is 1.69. The number of benzene rings is 3. The quantitative estimate of drug-likeness (QED) is 0.513. The third-order valence-corrected chi connectivity index (χ3v) is 4.80. The van der Waals surface area contributed by atoms with E-state index in [4.69, 9.17) is 0 Å². The standard InChI is InChI=1S/C25H21N3O2/c1-17-6-2-7-18(14-17)16-27-24(29)20-9-3-10-21(15-20)25(30)28-22-12-4-8-19-11-5-13-26-23(19)22/h2-15H,16H2,1H3,(H,27,29)(H,28,30). The van der Waals surface area contributed by atoms with Crippen LogP contribution in [0.1, 0.15) is 31.8 Å². The molecule has 0 aliphatic heterocycles. The first-order chi connectivity index (χ1) is 14.6. The first-order valence-electron chi connectivity index (χ1n) is 9.69. The maximum atomic E-state index is 12.8. The van der Waals surface area contributed by atoms with E-state index in [1.54, 1.807) is 30.5 Å². The van der Waals surface area contributed by atoms with Gasteiger partial charge in [-0.15, -0.1) is 0 Å². The number of aromatic nitrogens is 1. The zero-order valence-electron chi connectivity index (χ0n) is 16.6. The van der Waals surface area contributed by atoms with E-state index in [-0.39, 0.29) is 11.8 Å². The number of pyridine rings is 1. The minimum atomic E-state index is -0.290. The lowest BCUT2D eigenvalue weighted by Crippen LogP contribution is -2.23. The Hall–Kier alpha value is -3.99. The molecule has 0 aliphatic carbocycles. The van der Waals surface area contributed by atoms with Crippen molar-refractivity contribution < 1.29 is 9.59 Å². The molecule has 30 heavy (non-hydrogen) atoms. The smallest absolute Gasteiger partial charge is 0.255 e. The Bertz CT molecular complexity index is 1230. The molecular formula is C25H21N3O2. The molecule has 3 aromatic carbocycles. The number of hydrogen-bond donors (Lipinski definition) is 2. The van der Waals surface area contributed by atoms with Gasteiger partial charge in [-0.2, -0.15) is 0 Å². The predicted molar refractivity (Wildman–Crippen MR) is 118 cm³/mol. The lowest BCUT2D eigenvalue weighted by Gasteiger charge is -2.10. The van der Waals surface area contributed by atoms with E-state index in [0.29, 0.717) is 23.4 Å². The van der Waals surface area contributed by atoms with Crippen molar-refractivity contribution in [2.24, 2.45) is 0 Å². The van der Waals surface area contributed by atoms with E-state index < -0.39 is 0 Å². The van der Waals surface area contributed by atoms with Crippen molar-refractivity contribution in [3.63, 3.8) is 0 Å². The van der Waals surface area contributed by atoms with Crippen molar-refractivity contribution in [2.45, 2.75) is 13.5 Å². The molecule has 148 valence electrons. The van der Waals surface area contributed by atoms with Crippen molar-refractivity contribution in [3.8, 4) is 0 Å². The minimum Gasteiger partial charge on any atom is -0.348 e. The molecule has 2 amide bonds. The summed E-state index contributed by atoms with van der Waals surface area (Å²) in [4.78, 5) is 29.7. The highest BCUT2D eigenvalue weighted by atomic mass is 16.2. The Morgan fingerprint density at radius 2 is 1.57 bits per heavy atom. The van der Waals surface area contributed by atoms with Crippen molar-refractivity contribution in [3.05, 3.63) is 107 Å². The molecule has 0 fully saturated rings. The van der Waals surface area contributed by atoms with Gasteiger partial charge in [0, 0.05) is 29.3 Å². The lowest BCUT2D eigenvalue weighted by atomic mass is 10.1. The zero-order valence-corrected chi connectivity index (χ0v) is 16.6. The largest absolute Gasteiger partial charge is 0.348 e. The van der Waals surface area contributed by atoms with Gasteiger partial charge >= 0.3 is 0 Å². The van der Waals surface area contributed by atoms with Gasteiger partial charge in [0.2, 0.25) is 0 Å². The van der Waals surface area contributed by atoms with Crippen LogP contribution in [0.3, 0.4) is 0 Å². The molecule has 0 aliphatic rings. The molecule has 0 unspecified atom stereocenters. The number of fused-ring (bicyclic) bond motifs is 1. The second-order valence-corrected chi connectivity index (χ2v) is 7.09. The Morgan fingerprint density at radius 1 is 0.833 bits per heavy atom. The van der Waals surface area contributed by atoms with Crippen LogP contribution >= 0.6 is 0 Å². The van der Waals surface area contributed by atoms with Crippen LogP contribution in [-0.4, -0.2) is 16.8 Å². The highest BCUT2D eigenvalue weighted by molar-refractivity contribution is 6.09. The number of amides is 2. The predicted octanol–water partition coefficient (Wildman–Crippen LogP) is 4.73. The third-order valence-electron chi connectivity index (χ3n) is 4.80. The Balaban J connectivity index is 1.48. The summed E-state index contributed by atoms with van der Waals surface area (Å²) in [5.41, 5.74) is 4.37. The SMILES string of the molecule is Cc1cccc(CNC(=O)c2cccc(C(=O)Nc3cccc4cccnc34)c2)c1. The molecule has 0 saturated carbocycles. The van der Waals surface area contributed by atoms with Crippen molar-refractivity contribution in [1.29, 1.82) is 0 Å². The van der Waals surface area contributed by atoms with E-state index in [1.165, 1.54) is 0 Å². The molecule has 0 saturated heterocycles. The summed E-state index contributed by atoms with van der Waals surface area (Å²) in [6.45, 7) is 2.44. The molecule has 0 atom stereocenters. The van der Waals surface area contributed by atoms with Gasteiger partial charge in [0.05, 0.1) is 11.2 Å². The molecule has 4 aromatic rings. The van der Waals surface area contributed by atoms with Crippen LogP contribution in [0, 0.1) is 6.92 Å². The molecule has 5 heteroatoms. The van der Waals surface area contributed by atoms with Crippen molar-refractivity contribution in [1.82, 2.24) is 10.3 Å². The Kier molecular flexibility index (Phi) is 5.52.